The quantitative estimate of drug-likeness (QED) is 0.270. The van der Waals surface area contributed by atoms with Gasteiger partial charge in [-0.25, -0.2) is 9.37 Å². The number of aliphatic hydroxyl groups excluding tert-OH is 1. The Labute approximate surface area is 219 Å². The highest BCUT2D eigenvalue weighted by molar-refractivity contribution is 7.12. The van der Waals surface area contributed by atoms with Crippen LogP contribution in [0.4, 0.5) is 4.39 Å². The van der Waals surface area contributed by atoms with Gasteiger partial charge < -0.3 is 25.0 Å². The summed E-state index contributed by atoms with van der Waals surface area (Å²) in [6.07, 6.45) is 5.23. The minimum atomic E-state index is -0.673. The first-order valence-electron chi connectivity index (χ1n) is 11.2. The van der Waals surface area contributed by atoms with E-state index in [4.69, 9.17) is 16.3 Å². The van der Waals surface area contributed by atoms with Gasteiger partial charge in [0.2, 0.25) is 5.76 Å². The molecule has 0 saturated carbocycles. The molecule has 11 heteroatoms. The Bertz CT molecular complexity index is 1180. The van der Waals surface area contributed by atoms with Crippen molar-refractivity contribution in [1.82, 2.24) is 20.1 Å². The average molecular weight is 534 g/mol. The summed E-state index contributed by atoms with van der Waals surface area (Å²) in [7, 11) is 1.70. The second kappa shape index (κ2) is 12.7. The van der Waals surface area contributed by atoms with Crippen LogP contribution >= 0.6 is 22.9 Å². The molecule has 1 aromatic heterocycles. The number of benzene rings is 1. The molecule has 192 valence electrons. The van der Waals surface area contributed by atoms with Gasteiger partial charge in [0, 0.05) is 55.7 Å². The summed E-state index contributed by atoms with van der Waals surface area (Å²) in [5.41, 5.74) is 1.49. The lowest BCUT2D eigenvalue weighted by atomic mass is 10.1. The van der Waals surface area contributed by atoms with E-state index >= 15 is 0 Å². The van der Waals surface area contributed by atoms with Crippen LogP contribution in [0.1, 0.15) is 22.4 Å². The number of thiazole rings is 1. The summed E-state index contributed by atoms with van der Waals surface area (Å²) in [6.45, 7) is 11.7. The fourth-order valence-corrected chi connectivity index (χ4v) is 4.75. The highest BCUT2D eigenvalue weighted by Gasteiger charge is 2.25. The van der Waals surface area contributed by atoms with Gasteiger partial charge in [-0.05, 0) is 31.3 Å². The van der Waals surface area contributed by atoms with Crippen LogP contribution in [-0.2, 0) is 16.0 Å². The average Bonchev–Trinajstić information content (AvgIpc) is 3.31. The second-order valence-corrected chi connectivity index (χ2v) is 9.67. The smallest absolute Gasteiger partial charge is 0.295 e. The van der Waals surface area contributed by atoms with Gasteiger partial charge in [0.05, 0.1) is 24.3 Å². The number of ether oxygens (including phenoxy) is 1. The summed E-state index contributed by atoms with van der Waals surface area (Å²) >= 11 is 7.12. The van der Waals surface area contributed by atoms with Crippen LogP contribution in [0.25, 0.3) is 5.70 Å². The lowest BCUT2D eigenvalue weighted by Crippen LogP contribution is -2.43. The molecule has 3 rings (SSSR count). The SMILES string of the molecule is C=N/C(=C(/O)C(=O)N(/C=C\NC)CC(=C)N1CCOC(C)C1)c1ncc(Cc2ccc(F)c(Cl)c2)s1. The number of amides is 1. The predicted octanol–water partition coefficient (Wildman–Crippen LogP) is 4.21. The standard InChI is InChI=1S/C25H29ClFN5O3S/c1-16(31-9-10-35-17(2)15-31)14-32(8-7-28-3)25(34)23(33)22(29-4)24-30-13-19(36-24)11-18-5-6-21(27)20(26)12-18/h5-8,12-13,17,28,33H,1,4,9-11,14-15H2,2-3H3/b8-7-,23-22+. The summed E-state index contributed by atoms with van der Waals surface area (Å²) < 4.78 is 19.0. The maximum atomic E-state index is 13.4. The summed E-state index contributed by atoms with van der Waals surface area (Å²) in [5.74, 6) is -1.74. The molecule has 1 fully saturated rings. The number of aliphatic hydroxyl groups is 1. The fraction of sp³-hybridized carbons (Fsp3) is 0.320. The third kappa shape index (κ3) is 6.93. The van der Waals surface area contributed by atoms with E-state index in [2.05, 4.69) is 33.5 Å². The molecule has 1 aromatic carbocycles. The first kappa shape index (κ1) is 27.4. The molecule has 1 atom stereocenters. The summed E-state index contributed by atoms with van der Waals surface area (Å²) in [4.78, 5) is 25.7. The zero-order valence-corrected chi connectivity index (χ0v) is 21.8. The van der Waals surface area contributed by atoms with Gasteiger partial charge in [-0.2, -0.15) is 0 Å². The molecule has 2 N–H and O–H groups in total. The number of rotatable bonds is 10. The maximum absolute atomic E-state index is 13.4. The van der Waals surface area contributed by atoms with Gasteiger partial charge in [-0.3, -0.25) is 9.79 Å². The molecule has 0 spiro atoms. The molecular weight excluding hydrogens is 505 g/mol. The van der Waals surface area contributed by atoms with Crippen molar-refractivity contribution in [1.29, 1.82) is 0 Å². The Balaban J connectivity index is 1.80. The van der Waals surface area contributed by atoms with Crippen molar-refractivity contribution in [3.8, 4) is 0 Å². The molecule has 0 bridgehead atoms. The van der Waals surface area contributed by atoms with Crippen molar-refractivity contribution in [3.05, 3.63) is 81.1 Å². The molecule has 36 heavy (non-hydrogen) atoms. The number of carbonyl (C=O) groups excluding carboxylic acids is 1. The second-order valence-electron chi connectivity index (χ2n) is 8.14. The highest BCUT2D eigenvalue weighted by Crippen LogP contribution is 2.28. The number of carbonyl (C=O) groups is 1. The Kier molecular flexibility index (Phi) is 9.63. The zero-order chi connectivity index (χ0) is 26.2. The Hall–Kier alpha value is -3.21. The fourth-order valence-electron chi connectivity index (χ4n) is 3.59. The topological polar surface area (TPSA) is 90.3 Å². The monoisotopic (exact) mass is 533 g/mol. The lowest BCUT2D eigenvalue weighted by Gasteiger charge is -2.35. The summed E-state index contributed by atoms with van der Waals surface area (Å²) in [5, 5.41) is 14.1. The Morgan fingerprint density at radius 1 is 1.53 bits per heavy atom. The molecule has 1 aliphatic heterocycles. The van der Waals surface area contributed by atoms with Crippen molar-refractivity contribution < 1.29 is 19.0 Å². The number of aromatic nitrogens is 1. The molecule has 1 unspecified atom stereocenters. The molecular formula is C25H29ClFN5O3S. The van der Waals surface area contributed by atoms with Crippen molar-refractivity contribution >= 4 is 41.3 Å². The number of nitrogens with one attached hydrogen (secondary N) is 1. The van der Waals surface area contributed by atoms with E-state index in [9.17, 15) is 14.3 Å². The van der Waals surface area contributed by atoms with Crippen LogP contribution in [0.5, 0.6) is 0 Å². The molecule has 1 aliphatic rings. The molecule has 2 aromatic rings. The third-order valence-electron chi connectivity index (χ3n) is 5.43. The first-order chi connectivity index (χ1) is 17.2. The normalized spacial score (nSPS) is 16.6. The minimum Gasteiger partial charge on any atom is -0.501 e. The number of halogens is 2. The van der Waals surface area contributed by atoms with Crippen LogP contribution in [0.15, 0.2) is 59.8 Å². The van der Waals surface area contributed by atoms with Gasteiger partial charge in [-0.1, -0.05) is 24.2 Å². The largest absolute Gasteiger partial charge is 0.501 e. The highest BCUT2D eigenvalue weighted by atomic mass is 35.5. The Morgan fingerprint density at radius 2 is 2.31 bits per heavy atom. The number of nitrogens with zero attached hydrogens (tertiary/aromatic N) is 4. The van der Waals surface area contributed by atoms with E-state index in [0.29, 0.717) is 31.1 Å². The molecule has 0 radical (unpaired) electrons. The van der Waals surface area contributed by atoms with Crippen LogP contribution < -0.4 is 5.32 Å². The van der Waals surface area contributed by atoms with E-state index in [1.165, 1.54) is 28.5 Å². The van der Waals surface area contributed by atoms with Crippen LogP contribution in [-0.4, -0.2) is 71.9 Å². The van der Waals surface area contributed by atoms with Gasteiger partial charge in [0.15, 0.2) is 0 Å². The minimum absolute atomic E-state index is 0.0261. The van der Waals surface area contributed by atoms with Gasteiger partial charge in [-0.15, -0.1) is 11.3 Å². The van der Waals surface area contributed by atoms with Gasteiger partial charge in [0.25, 0.3) is 5.91 Å². The molecule has 8 nitrogen and oxygen atoms in total. The van der Waals surface area contributed by atoms with Crippen LogP contribution in [0.2, 0.25) is 5.02 Å². The first-order valence-corrected chi connectivity index (χ1v) is 12.4. The maximum Gasteiger partial charge on any atom is 0.295 e. The molecule has 1 amide bonds. The Morgan fingerprint density at radius 3 is 2.97 bits per heavy atom. The number of hydrogen-bond acceptors (Lipinski definition) is 8. The number of morpholine rings is 1. The zero-order valence-electron chi connectivity index (χ0n) is 20.2. The van der Waals surface area contributed by atoms with Gasteiger partial charge >= 0.3 is 0 Å². The molecule has 0 aliphatic carbocycles. The van der Waals surface area contributed by atoms with Gasteiger partial charge in [0.1, 0.15) is 16.5 Å². The van der Waals surface area contributed by atoms with E-state index in [1.54, 1.807) is 31.6 Å². The lowest BCUT2D eigenvalue weighted by molar-refractivity contribution is -0.127. The number of hydrogen-bond donors (Lipinski definition) is 2. The van der Waals surface area contributed by atoms with Crippen LogP contribution in [0, 0.1) is 5.82 Å². The van der Waals surface area contributed by atoms with Crippen molar-refractivity contribution in [2.45, 2.75) is 19.4 Å². The van der Waals surface area contributed by atoms with E-state index in [1.807, 2.05) is 6.92 Å². The van der Waals surface area contributed by atoms with E-state index < -0.39 is 17.5 Å². The predicted molar refractivity (Wildman–Crippen MR) is 141 cm³/mol. The van der Waals surface area contributed by atoms with Crippen molar-refractivity contribution in [3.63, 3.8) is 0 Å². The molecule has 2 heterocycles. The van der Waals surface area contributed by atoms with Crippen LogP contribution in [0.3, 0.4) is 0 Å². The van der Waals surface area contributed by atoms with E-state index in [0.717, 1.165) is 16.1 Å². The summed E-state index contributed by atoms with van der Waals surface area (Å²) in [6, 6.07) is 4.49. The molecule has 1 saturated heterocycles. The van der Waals surface area contributed by atoms with Crippen molar-refractivity contribution in [2.24, 2.45) is 4.99 Å². The van der Waals surface area contributed by atoms with E-state index in [-0.39, 0.29) is 23.4 Å². The van der Waals surface area contributed by atoms with Crippen molar-refractivity contribution in [2.75, 3.05) is 33.3 Å². The number of aliphatic imine (C=N–C) groups is 1. The third-order valence-corrected chi connectivity index (χ3v) is 6.72.